The first-order chi connectivity index (χ1) is 7.28. The highest BCUT2D eigenvalue weighted by molar-refractivity contribution is 9.09. The van der Waals surface area contributed by atoms with Crippen molar-refractivity contribution in [3.63, 3.8) is 0 Å². The van der Waals surface area contributed by atoms with Crippen molar-refractivity contribution < 1.29 is 0 Å². The van der Waals surface area contributed by atoms with Gasteiger partial charge in [-0.05, 0) is 30.5 Å². The molecule has 2 heteroatoms. The van der Waals surface area contributed by atoms with Gasteiger partial charge in [0.25, 0.3) is 0 Å². The van der Waals surface area contributed by atoms with Crippen LogP contribution in [0.3, 0.4) is 0 Å². The Hall–Kier alpha value is -0.340. The van der Waals surface area contributed by atoms with Crippen molar-refractivity contribution in [3.05, 3.63) is 35.4 Å². The molecule has 1 saturated heterocycles. The summed E-state index contributed by atoms with van der Waals surface area (Å²) in [4.78, 5) is 3.22. The van der Waals surface area contributed by atoms with Crippen LogP contribution < -0.4 is 0 Å². The molecule has 0 spiro atoms. The molecule has 82 valence electrons. The standard InChI is InChI=1S/C13H18BrN/c1-2-11-3-5-12(6-4-11)9-15-8-7-13(14)10-15/h3-6,13H,2,7-10H2,1H3. The highest BCUT2D eigenvalue weighted by Gasteiger charge is 2.19. The molecule has 1 aliphatic rings. The second kappa shape index (κ2) is 5.13. The van der Waals surface area contributed by atoms with E-state index in [2.05, 4.69) is 52.0 Å². The van der Waals surface area contributed by atoms with Crippen LogP contribution in [-0.2, 0) is 13.0 Å². The van der Waals surface area contributed by atoms with Crippen molar-refractivity contribution >= 4 is 15.9 Å². The summed E-state index contributed by atoms with van der Waals surface area (Å²) in [5, 5.41) is 0. The Morgan fingerprint density at radius 3 is 2.47 bits per heavy atom. The number of hydrogen-bond acceptors (Lipinski definition) is 1. The van der Waals surface area contributed by atoms with Crippen LogP contribution >= 0.6 is 15.9 Å². The molecule has 2 rings (SSSR count). The summed E-state index contributed by atoms with van der Waals surface area (Å²) >= 11 is 3.67. The zero-order chi connectivity index (χ0) is 10.7. The van der Waals surface area contributed by atoms with Crippen molar-refractivity contribution in [3.8, 4) is 0 Å². The Morgan fingerprint density at radius 2 is 1.93 bits per heavy atom. The number of likely N-dealkylation sites (tertiary alicyclic amines) is 1. The predicted molar refractivity (Wildman–Crippen MR) is 68.4 cm³/mol. The Labute approximate surface area is 101 Å². The third-order valence-electron chi connectivity index (χ3n) is 3.05. The molecule has 1 heterocycles. The van der Waals surface area contributed by atoms with Crippen LogP contribution in [0.15, 0.2) is 24.3 Å². The number of nitrogens with zero attached hydrogens (tertiary/aromatic N) is 1. The van der Waals surface area contributed by atoms with E-state index in [1.807, 2.05) is 0 Å². The van der Waals surface area contributed by atoms with Gasteiger partial charge < -0.3 is 0 Å². The van der Waals surface area contributed by atoms with Gasteiger partial charge in [-0.15, -0.1) is 0 Å². The Morgan fingerprint density at radius 1 is 1.27 bits per heavy atom. The molecule has 1 aliphatic heterocycles. The molecular formula is C13H18BrN. The molecule has 0 aliphatic carbocycles. The number of alkyl halides is 1. The normalized spacial score (nSPS) is 22.1. The molecule has 1 unspecified atom stereocenters. The van der Waals surface area contributed by atoms with Crippen LogP contribution in [0.25, 0.3) is 0 Å². The minimum Gasteiger partial charge on any atom is -0.298 e. The van der Waals surface area contributed by atoms with Gasteiger partial charge in [-0.2, -0.15) is 0 Å². The highest BCUT2D eigenvalue weighted by atomic mass is 79.9. The Balaban J connectivity index is 1.93. The molecule has 1 aromatic carbocycles. The molecule has 0 radical (unpaired) electrons. The fraction of sp³-hybridized carbons (Fsp3) is 0.538. The summed E-state index contributed by atoms with van der Waals surface area (Å²) in [6.45, 7) is 5.72. The van der Waals surface area contributed by atoms with Crippen LogP contribution in [-0.4, -0.2) is 22.8 Å². The Bertz CT molecular complexity index is 307. The average molecular weight is 268 g/mol. The molecule has 0 N–H and O–H groups in total. The van der Waals surface area contributed by atoms with Gasteiger partial charge in [0.2, 0.25) is 0 Å². The molecule has 1 fully saturated rings. The molecule has 0 saturated carbocycles. The van der Waals surface area contributed by atoms with E-state index in [1.54, 1.807) is 0 Å². The van der Waals surface area contributed by atoms with Crippen molar-refractivity contribution in [1.29, 1.82) is 0 Å². The summed E-state index contributed by atoms with van der Waals surface area (Å²) in [6, 6.07) is 9.02. The highest BCUT2D eigenvalue weighted by Crippen LogP contribution is 2.18. The number of benzene rings is 1. The lowest BCUT2D eigenvalue weighted by molar-refractivity contribution is 0.332. The van der Waals surface area contributed by atoms with E-state index < -0.39 is 0 Å². The van der Waals surface area contributed by atoms with E-state index >= 15 is 0 Å². The van der Waals surface area contributed by atoms with Crippen molar-refractivity contribution in [2.45, 2.75) is 31.1 Å². The number of aryl methyl sites for hydroxylation is 1. The van der Waals surface area contributed by atoms with Crippen LogP contribution in [0.5, 0.6) is 0 Å². The number of rotatable bonds is 3. The predicted octanol–water partition coefficient (Wildman–Crippen LogP) is 3.22. The second-order valence-corrected chi connectivity index (χ2v) is 5.59. The summed E-state index contributed by atoms with van der Waals surface area (Å²) in [5.41, 5.74) is 2.87. The lowest BCUT2D eigenvalue weighted by Crippen LogP contribution is -2.19. The SMILES string of the molecule is CCc1ccc(CN2CCC(Br)C2)cc1. The summed E-state index contributed by atoms with van der Waals surface area (Å²) in [6.07, 6.45) is 2.42. The summed E-state index contributed by atoms with van der Waals surface area (Å²) in [7, 11) is 0. The largest absolute Gasteiger partial charge is 0.298 e. The van der Waals surface area contributed by atoms with Gasteiger partial charge in [0.05, 0.1) is 0 Å². The number of halogens is 1. The lowest BCUT2D eigenvalue weighted by Gasteiger charge is -2.14. The van der Waals surface area contributed by atoms with E-state index in [1.165, 1.54) is 30.6 Å². The van der Waals surface area contributed by atoms with Gasteiger partial charge in [0.15, 0.2) is 0 Å². The molecule has 1 nitrogen and oxygen atoms in total. The first kappa shape index (κ1) is 11.2. The lowest BCUT2D eigenvalue weighted by atomic mass is 10.1. The maximum atomic E-state index is 3.67. The van der Waals surface area contributed by atoms with Gasteiger partial charge in [-0.3, -0.25) is 4.90 Å². The molecule has 0 aromatic heterocycles. The number of hydrogen-bond donors (Lipinski definition) is 0. The molecule has 0 bridgehead atoms. The van der Waals surface area contributed by atoms with E-state index in [-0.39, 0.29) is 0 Å². The third-order valence-corrected chi connectivity index (χ3v) is 3.80. The van der Waals surface area contributed by atoms with Gasteiger partial charge in [-0.1, -0.05) is 47.1 Å². The molecule has 15 heavy (non-hydrogen) atoms. The zero-order valence-electron chi connectivity index (χ0n) is 9.25. The minimum absolute atomic E-state index is 0.701. The van der Waals surface area contributed by atoms with Gasteiger partial charge in [0.1, 0.15) is 0 Å². The fourth-order valence-electron chi connectivity index (χ4n) is 2.07. The third kappa shape index (κ3) is 3.05. The summed E-state index contributed by atoms with van der Waals surface area (Å²) in [5.74, 6) is 0. The smallest absolute Gasteiger partial charge is 0.0285 e. The van der Waals surface area contributed by atoms with Gasteiger partial charge in [0, 0.05) is 17.9 Å². The maximum absolute atomic E-state index is 3.67. The first-order valence-electron chi connectivity index (χ1n) is 5.72. The van der Waals surface area contributed by atoms with Crippen LogP contribution in [0.4, 0.5) is 0 Å². The monoisotopic (exact) mass is 267 g/mol. The van der Waals surface area contributed by atoms with Crippen LogP contribution in [0.2, 0.25) is 0 Å². The first-order valence-corrected chi connectivity index (χ1v) is 6.63. The van der Waals surface area contributed by atoms with Crippen molar-refractivity contribution in [2.24, 2.45) is 0 Å². The van der Waals surface area contributed by atoms with E-state index in [4.69, 9.17) is 0 Å². The Kier molecular flexibility index (Phi) is 3.81. The van der Waals surface area contributed by atoms with E-state index in [0.29, 0.717) is 4.83 Å². The topological polar surface area (TPSA) is 3.24 Å². The van der Waals surface area contributed by atoms with Gasteiger partial charge in [-0.25, -0.2) is 0 Å². The molecule has 0 amide bonds. The average Bonchev–Trinajstić information content (AvgIpc) is 2.65. The van der Waals surface area contributed by atoms with Crippen molar-refractivity contribution in [2.75, 3.05) is 13.1 Å². The second-order valence-electron chi connectivity index (χ2n) is 4.29. The van der Waals surface area contributed by atoms with E-state index in [0.717, 1.165) is 13.0 Å². The van der Waals surface area contributed by atoms with Crippen LogP contribution in [0.1, 0.15) is 24.5 Å². The van der Waals surface area contributed by atoms with Crippen molar-refractivity contribution in [1.82, 2.24) is 4.90 Å². The van der Waals surface area contributed by atoms with Gasteiger partial charge >= 0.3 is 0 Å². The fourth-order valence-corrected chi connectivity index (χ4v) is 2.68. The minimum atomic E-state index is 0.701. The zero-order valence-corrected chi connectivity index (χ0v) is 10.8. The van der Waals surface area contributed by atoms with Crippen LogP contribution in [0, 0.1) is 0 Å². The quantitative estimate of drug-likeness (QED) is 0.761. The summed E-state index contributed by atoms with van der Waals surface area (Å²) < 4.78 is 0. The molecule has 1 aromatic rings. The molecule has 1 atom stereocenters. The maximum Gasteiger partial charge on any atom is 0.0285 e. The molecular weight excluding hydrogens is 250 g/mol. The van der Waals surface area contributed by atoms with E-state index in [9.17, 15) is 0 Å².